The summed E-state index contributed by atoms with van der Waals surface area (Å²) >= 11 is 0. The molecule has 0 atom stereocenters. The number of nitrogens with one attached hydrogen (secondary N) is 3. The van der Waals surface area contributed by atoms with Gasteiger partial charge in [-0.1, -0.05) is 23.8 Å². The van der Waals surface area contributed by atoms with Crippen LogP contribution >= 0.6 is 0 Å². The monoisotopic (exact) mass is 589 g/mol. The first kappa shape index (κ1) is 28.9. The molecule has 2 aliphatic heterocycles. The van der Waals surface area contributed by atoms with Crippen LogP contribution in [0, 0.1) is 20.8 Å². The second-order valence-corrected chi connectivity index (χ2v) is 11.4. The molecule has 1 saturated heterocycles. The van der Waals surface area contributed by atoms with Gasteiger partial charge in [-0.25, -0.2) is 0 Å². The van der Waals surface area contributed by atoms with Gasteiger partial charge in [0.05, 0.1) is 16.8 Å². The van der Waals surface area contributed by atoms with Crippen molar-refractivity contribution in [2.45, 2.75) is 20.8 Å². The lowest BCUT2D eigenvalue weighted by atomic mass is 10.0. The van der Waals surface area contributed by atoms with Crippen LogP contribution in [0.4, 0.5) is 11.4 Å². The van der Waals surface area contributed by atoms with Crippen LogP contribution in [-0.4, -0.2) is 65.7 Å². The van der Waals surface area contributed by atoms with Crippen LogP contribution in [-0.2, 0) is 4.79 Å². The molecule has 1 aromatic heterocycles. The fraction of sp³-hybridized carbons (Fsp3) is 0.229. The number of likely N-dealkylation sites (N-methyl/N-ethyl adjacent to an activating group) is 1. The second kappa shape index (κ2) is 11.9. The average Bonchev–Trinajstić information content (AvgIpc) is 3.46. The summed E-state index contributed by atoms with van der Waals surface area (Å²) < 4.78 is 6.09. The van der Waals surface area contributed by atoms with Crippen LogP contribution in [0.1, 0.15) is 48.8 Å². The number of benzene rings is 3. The molecule has 0 spiro atoms. The maximum atomic E-state index is 13.4. The maximum Gasteiger partial charge on any atom is 0.256 e. The van der Waals surface area contributed by atoms with E-state index in [1.807, 2.05) is 56.0 Å². The maximum absolute atomic E-state index is 13.4. The minimum absolute atomic E-state index is 0.0193. The molecule has 0 saturated carbocycles. The van der Waals surface area contributed by atoms with Crippen LogP contribution in [0.25, 0.3) is 11.6 Å². The number of H-pyrrole nitrogens is 1. The number of rotatable bonds is 6. The number of hydrogen-bond acceptors (Lipinski definition) is 5. The topological polar surface area (TPSA) is 107 Å². The van der Waals surface area contributed by atoms with Crippen molar-refractivity contribution < 1.29 is 19.1 Å². The van der Waals surface area contributed by atoms with E-state index in [9.17, 15) is 14.4 Å². The molecular weight excluding hydrogens is 554 g/mol. The number of anilines is 2. The number of amides is 3. The van der Waals surface area contributed by atoms with Crippen LogP contribution in [0.2, 0.25) is 0 Å². The lowest BCUT2D eigenvalue weighted by Crippen LogP contribution is -2.47. The molecule has 0 bridgehead atoms. The number of fused-ring (bicyclic) bond motifs is 1. The van der Waals surface area contributed by atoms with Gasteiger partial charge < -0.3 is 30.2 Å². The molecule has 0 radical (unpaired) electrons. The zero-order valence-electron chi connectivity index (χ0n) is 25.3. The Bertz CT molecular complexity index is 1810. The Morgan fingerprint density at radius 1 is 0.909 bits per heavy atom. The van der Waals surface area contributed by atoms with Crippen molar-refractivity contribution in [1.29, 1.82) is 0 Å². The molecule has 9 heteroatoms. The smallest absolute Gasteiger partial charge is 0.256 e. The first-order chi connectivity index (χ1) is 21.2. The molecule has 3 aromatic carbocycles. The highest BCUT2D eigenvalue weighted by Gasteiger charge is 2.28. The Morgan fingerprint density at radius 2 is 1.66 bits per heavy atom. The van der Waals surface area contributed by atoms with Gasteiger partial charge in [0.1, 0.15) is 11.5 Å². The third kappa shape index (κ3) is 5.87. The Labute approximate surface area is 256 Å². The van der Waals surface area contributed by atoms with E-state index in [4.69, 9.17) is 4.74 Å². The first-order valence-corrected chi connectivity index (χ1v) is 14.7. The number of aryl methyl sites for hydroxylation is 2. The molecule has 224 valence electrons. The number of carbonyl (C=O) groups excluding carboxylic acids is 3. The van der Waals surface area contributed by atoms with Gasteiger partial charge in [0.15, 0.2) is 0 Å². The number of hydrogen-bond donors (Lipinski definition) is 3. The van der Waals surface area contributed by atoms with Crippen molar-refractivity contribution >= 4 is 40.7 Å². The minimum Gasteiger partial charge on any atom is -0.457 e. The third-order valence-electron chi connectivity index (χ3n) is 8.15. The van der Waals surface area contributed by atoms with Crippen LogP contribution in [0.5, 0.6) is 11.5 Å². The highest BCUT2D eigenvalue weighted by molar-refractivity contribution is 6.35. The van der Waals surface area contributed by atoms with Crippen LogP contribution in [0.3, 0.4) is 0 Å². The van der Waals surface area contributed by atoms with Crippen molar-refractivity contribution in [3.8, 4) is 11.5 Å². The molecule has 6 rings (SSSR count). The molecule has 2 aliphatic rings. The van der Waals surface area contributed by atoms with Crippen molar-refractivity contribution in [1.82, 2.24) is 14.8 Å². The third-order valence-corrected chi connectivity index (χ3v) is 8.15. The Kier molecular flexibility index (Phi) is 7.80. The molecule has 3 heterocycles. The molecule has 0 unspecified atom stereocenters. The summed E-state index contributed by atoms with van der Waals surface area (Å²) in [6, 6.07) is 20.0. The van der Waals surface area contributed by atoms with Gasteiger partial charge in [0.2, 0.25) is 0 Å². The molecule has 0 aliphatic carbocycles. The number of aromatic nitrogens is 1. The Hall–Kier alpha value is -5.15. The normalized spacial score (nSPS) is 15.7. The lowest BCUT2D eigenvalue weighted by molar-refractivity contribution is -0.110. The summed E-state index contributed by atoms with van der Waals surface area (Å²) in [5.41, 5.74) is 7.12. The molecular formula is C35H35N5O4. The van der Waals surface area contributed by atoms with Gasteiger partial charge in [-0.05, 0) is 75.9 Å². The zero-order chi connectivity index (χ0) is 31.0. The summed E-state index contributed by atoms with van der Waals surface area (Å²) in [6.07, 6.45) is 1.81. The lowest BCUT2D eigenvalue weighted by Gasteiger charge is -2.32. The van der Waals surface area contributed by atoms with E-state index in [1.165, 1.54) is 0 Å². The number of nitrogens with zero attached hydrogens (tertiary/aromatic N) is 2. The standard InChI is InChI=1S/C35H35N5O4/c1-21-7-5-8-24(17-21)33(41)37-25-9-6-10-26(18-25)44-27-11-12-28-29(34(42)38-31(28)19-27)20-30-22(2)32(23(3)36-30)35(43)40-15-13-39(4)14-16-40/h5-12,17-20,36H,13-16H2,1-4H3,(H,37,41)(H,38,42). The second-order valence-electron chi connectivity index (χ2n) is 11.4. The molecule has 44 heavy (non-hydrogen) atoms. The number of piperazine rings is 1. The predicted molar refractivity (Wildman–Crippen MR) is 172 cm³/mol. The summed E-state index contributed by atoms with van der Waals surface area (Å²) in [5.74, 6) is 0.678. The van der Waals surface area contributed by atoms with E-state index in [2.05, 4.69) is 27.6 Å². The molecule has 3 amide bonds. The Balaban J connectivity index is 1.19. The summed E-state index contributed by atoms with van der Waals surface area (Å²) in [5, 5.41) is 5.85. The Morgan fingerprint density at radius 3 is 2.43 bits per heavy atom. The van der Waals surface area contributed by atoms with E-state index in [0.29, 0.717) is 52.7 Å². The fourth-order valence-corrected chi connectivity index (χ4v) is 5.69. The predicted octanol–water partition coefficient (Wildman–Crippen LogP) is 5.86. The van der Waals surface area contributed by atoms with Gasteiger partial charge in [-0.2, -0.15) is 0 Å². The molecule has 9 nitrogen and oxygen atoms in total. The average molecular weight is 590 g/mol. The van der Waals surface area contributed by atoms with E-state index >= 15 is 0 Å². The summed E-state index contributed by atoms with van der Waals surface area (Å²) in [4.78, 5) is 46.5. The van der Waals surface area contributed by atoms with Gasteiger partial charge in [0, 0.05) is 66.5 Å². The van der Waals surface area contributed by atoms with Gasteiger partial charge in [-0.3, -0.25) is 14.4 Å². The SMILES string of the molecule is Cc1cccc(C(=O)Nc2cccc(Oc3ccc4c(c3)NC(=O)C4=Cc3[nH]c(C)c(C(=O)N4CCN(C)CC4)c3C)c2)c1. The van der Waals surface area contributed by atoms with Gasteiger partial charge in [0.25, 0.3) is 17.7 Å². The van der Waals surface area contributed by atoms with Gasteiger partial charge >= 0.3 is 0 Å². The zero-order valence-corrected chi connectivity index (χ0v) is 25.3. The molecule has 4 aromatic rings. The largest absolute Gasteiger partial charge is 0.457 e. The van der Waals surface area contributed by atoms with Crippen LogP contribution in [0.15, 0.2) is 66.7 Å². The van der Waals surface area contributed by atoms with E-state index in [1.54, 1.807) is 42.5 Å². The highest BCUT2D eigenvalue weighted by atomic mass is 16.5. The quantitative estimate of drug-likeness (QED) is 0.244. The fourth-order valence-electron chi connectivity index (χ4n) is 5.69. The van der Waals surface area contributed by atoms with E-state index in [-0.39, 0.29) is 17.7 Å². The summed E-state index contributed by atoms with van der Waals surface area (Å²) in [7, 11) is 2.06. The van der Waals surface area contributed by atoms with Crippen molar-refractivity contribution in [2.75, 3.05) is 43.9 Å². The number of ether oxygens (including phenoxy) is 1. The van der Waals surface area contributed by atoms with Crippen molar-refractivity contribution in [3.05, 3.63) is 106 Å². The van der Waals surface area contributed by atoms with E-state index in [0.717, 1.165) is 41.2 Å². The van der Waals surface area contributed by atoms with Gasteiger partial charge in [-0.15, -0.1) is 0 Å². The first-order valence-electron chi connectivity index (χ1n) is 14.7. The molecule has 1 fully saturated rings. The summed E-state index contributed by atoms with van der Waals surface area (Å²) in [6.45, 7) is 8.85. The number of carbonyl (C=O) groups is 3. The minimum atomic E-state index is -0.225. The van der Waals surface area contributed by atoms with Crippen molar-refractivity contribution in [2.24, 2.45) is 0 Å². The number of aromatic amines is 1. The van der Waals surface area contributed by atoms with Crippen LogP contribution < -0.4 is 15.4 Å². The molecule has 3 N–H and O–H groups in total. The van der Waals surface area contributed by atoms with E-state index < -0.39 is 0 Å². The highest BCUT2D eigenvalue weighted by Crippen LogP contribution is 2.38. The van der Waals surface area contributed by atoms with Crippen molar-refractivity contribution in [3.63, 3.8) is 0 Å².